The van der Waals surface area contributed by atoms with E-state index in [0.717, 1.165) is 6.42 Å². The Morgan fingerprint density at radius 3 is 2.50 bits per heavy atom. The number of aromatic nitrogens is 1. The average Bonchev–Trinajstić information content (AvgIpc) is 3.21. The number of aryl methyl sites for hydroxylation is 1. The van der Waals surface area contributed by atoms with Gasteiger partial charge in [-0.2, -0.15) is 4.57 Å². The minimum absolute atomic E-state index is 0. The number of hydrogen-bond acceptors (Lipinski definition) is 3. The molecule has 0 bridgehead atoms. The zero-order valence-electron chi connectivity index (χ0n) is 14.5. The van der Waals surface area contributed by atoms with Gasteiger partial charge in [0.1, 0.15) is 0 Å². The molecule has 0 saturated heterocycles. The van der Waals surface area contributed by atoms with Gasteiger partial charge in [-0.3, -0.25) is 4.79 Å². The van der Waals surface area contributed by atoms with Crippen LogP contribution in [0.1, 0.15) is 73.7 Å². The van der Waals surface area contributed by atoms with Crippen molar-refractivity contribution in [2.45, 2.75) is 71.3 Å². The molecule has 0 spiro atoms. The van der Waals surface area contributed by atoms with E-state index in [0.29, 0.717) is 12.3 Å². The molecule has 2 aromatic heterocycles. The number of carbonyl (C=O) groups excluding carboxylic acids is 1. The maximum absolute atomic E-state index is 12.0. The van der Waals surface area contributed by atoms with Crippen LogP contribution in [0.4, 0.5) is 0 Å². The molecule has 3 nitrogen and oxygen atoms in total. The second-order valence-corrected chi connectivity index (χ2v) is 7.09. The fourth-order valence-electron chi connectivity index (χ4n) is 2.70. The highest BCUT2D eigenvalue weighted by Crippen LogP contribution is 2.13. The third-order valence-corrected chi connectivity index (χ3v) is 5.04. The summed E-state index contributed by atoms with van der Waals surface area (Å²) in [6, 6.07) is 3.47. The Morgan fingerprint density at radius 1 is 1.12 bits per heavy atom. The molecule has 0 amide bonds. The molecule has 0 unspecified atom stereocenters. The van der Waals surface area contributed by atoms with E-state index in [1.165, 1.54) is 56.2 Å². The van der Waals surface area contributed by atoms with Crippen LogP contribution in [0.5, 0.6) is 0 Å². The summed E-state index contributed by atoms with van der Waals surface area (Å²) in [7, 11) is 0. The summed E-state index contributed by atoms with van der Waals surface area (Å²) in [4.78, 5) is 13.3. The monoisotopic (exact) mass is 413 g/mol. The smallest absolute Gasteiger partial charge is 0.262 e. The van der Waals surface area contributed by atoms with Crippen LogP contribution in [0, 0.1) is 0 Å². The molecule has 5 heteroatoms. The number of thiazole rings is 1. The first-order valence-electron chi connectivity index (χ1n) is 8.82. The predicted octanol–water partition coefficient (Wildman–Crippen LogP) is 2.20. The molecule has 0 radical (unpaired) electrons. The molecule has 0 atom stereocenters. The molecule has 2 rings (SSSR count). The van der Waals surface area contributed by atoms with Gasteiger partial charge in [-0.05, 0) is 25.0 Å². The molecule has 134 valence electrons. The number of furan rings is 1. The summed E-state index contributed by atoms with van der Waals surface area (Å²) >= 11 is 1.74. The first-order chi connectivity index (χ1) is 11.3. The van der Waals surface area contributed by atoms with Gasteiger partial charge in [-0.1, -0.05) is 63.2 Å². The number of halogens is 1. The highest BCUT2D eigenvalue weighted by Gasteiger charge is 2.16. The third kappa shape index (κ3) is 7.75. The fourth-order valence-corrected chi connectivity index (χ4v) is 3.57. The van der Waals surface area contributed by atoms with Crippen molar-refractivity contribution in [1.29, 1.82) is 0 Å². The van der Waals surface area contributed by atoms with Gasteiger partial charge in [0, 0.05) is 0 Å². The minimum atomic E-state index is 0. The molecule has 0 aliphatic heterocycles. The molecule has 0 aliphatic carbocycles. The SMILES string of the molecule is CCCCCCCCCCc1c[n+](CC(=O)c2ccco2)cs1.[Br-]. The van der Waals surface area contributed by atoms with Crippen LogP contribution in [-0.2, 0) is 13.0 Å². The highest BCUT2D eigenvalue weighted by molar-refractivity contribution is 7.09. The van der Waals surface area contributed by atoms with Gasteiger partial charge in [0.05, 0.1) is 11.1 Å². The summed E-state index contributed by atoms with van der Waals surface area (Å²) in [6.45, 7) is 2.62. The number of Topliss-reactive ketones (excluding diaryl/α,β-unsaturated/α-hetero) is 1. The van der Waals surface area contributed by atoms with Crippen molar-refractivity contribution in [1.82, 2.24) is 0 Å². The molecule has 0 fully saturated rings. The van der Waals surface area contributed by atoms with Gasteiger partial charge in [0.2, 0.25) is 12.1 Å². The first-order valence-corrected chi connectivity index (χ1v) is 9.70. The van der Waals surface area contributed by atoms with Crippen molar-refractivity contribution < 1.29 is 30.8 Å². The second kappa shape index (κ2) is 12.4. The van der Waals surface area contributed by atoms with Gasteiger partial charge < -0.3 is 21.4 Å². The number of carbonyl (C=O) groups is 1. The lowest BCUT2D eigenvalue weighted by molar-refractivity contribution is -0.678. The largest absolute Gasteiger partial charge is 1.00 e. The molecule has 2 heterocycles. The quantitative estimate of drug-likeness (QED) is 0.303. The van der Waals surface area contributed by atoms with Gasteiger partial charge in [-0.25, -0.2) is 0 Å². The van der Waals surface area contributed by atoms with Crippen molar-refractivity contribution in [3.8, 4) is 0 Å². The van der Waals surface area contributed by atoms with E-state index in [1.54, 1.807) is 29.7 Å². The van der Waals surface area contributed by atoms with Gasteiger partial charge in [-0.15, -0.1) is 0 Å². The number of unbranched alkanes of at least 4 members (excludes halogenated alkanes) is 7. The van der Waals surface area contributed by atoms with Crippen LogP contribution in [0.15, 0.2) is 34.5 Å². The maximum Gasteiger partial charge on any atom is 0.262 e. The molecule has 2 aromatic rings. The zero-order chi connectivity index (χ0) is 16.3. The van der Waals surface area contributed by atoms with Gasteiger partial charge >= 0.3 is 0 Å². The lowest BCUT2D eigenvalue weighted by Gasteiger charge is -2.00. The Bertz CT molecular complexity index is 566. The van der Waals surface area contributed by atoms with Crippen molar-refractivity contribution in [2.24, 2.45) is 0 Å². The molecule has 24 heavy (non-hydrogen) atoms. The van der Waals surface area contributed by atoms with E-state index in [1.807, 2.05) is 10.1 Å². The zero-order valence-corrected chi connectivity index (χ0v) is 16.9. The van der Waals surface area contributed by atoms with Crippen LogP contribution < -0.4 is 21.5 Å². The van der Waals surface area contributed by atoms with Gasteiger partial charge in [0.15, 0.2) is 12.0 Å². The Balaban J connectivity index is 0.00000288. The number of nitrogens with zero attached hydrogens (tertiary/aromatic N) is 1. The molecule has 0 saturated carbocycles. The van der Waals surface area contributed by atoms with E-state index in [-0.39, 0.29) is 22.8 Å². The normalized spacial score (nSPS) is 10.5. The Morgan fingerprint density at radius 2 is 1.83 bits per heavy atom. The molecular weight excluding hydrogens is 386 g/mol. The fraction of sp³-hybridized carbons (Fsp3) is 0.579. The Hall–Kier alpha value is -0.940. The number of ketones is 1. The second-order valence-electron chi connectivity index (χ2n) is 6.12. The topological polar surface area (TPSA) is 34.1 Å². The molecule has 0 aliphatic rings. The highest BCUT2D eigenvalue weighted by atomic mass is 79.9. The van der Waals surface area contributed by atoms with Crippen LogP contribution in [0.3, 0.4) is 0 Å². The summed E-state index contributed by atoms with van der Waals surface area (Å²) in [6.07, 6.45) is 15.6. The van der Waals surface area contributed by atoms with E-state index >= 15 is 0 Å². The summed E-state index contributed by atoms with van der Waals surface area (Å²) in [5.41, 5.74) is 2.03. The molecular formula is C19H28BrNO2S. The van der Waals surface area contributed by atoms with Crippen molar-refractivity contribution >= 4 is 17.1 Å². The standard InChI is InChI=1S/C19H28NO2S.BrH/c1-2-3-4-5-6-7-8-9-11-17-14-20(16-23-17)15-18(21)19-12-10-13-22-19;/h10,12-14,16H,2-9,11,15H2,1H3;1H/q+1;/p-1. The van der Waals surface area contributed by atoms with E-state index in [9.17, 15) is 4.79 Å². The van der Waals surface area contributed by atoms with Crippen molar-refractivity contribution in [2.75, 3.05) is 0 Å². The number of rotatable bonds is 12. The van der Waals surface area contributed by atoms with E-state index < -0.39 is 0 Å². The minimum Gasteiger partial charge on any atom is -1.00 e. The van der Waals surface area contributed by atoms with Crippen LogP contribution in [-0.4, -0.2) is 5.78 Å². The maximum atomic E-state index is 12.0. The summed E-state index contributed by atoms with van der Waals surface area (Å²) < 4.78 is 7.11. The summed E-state index contributed by atoms with van der Waals surface area (Å²) in [5.74, 6) is 0.463. The van der Waals surface area contributed by atoms with Crippen molar-refractivity contribution in [3.05, 3.63) is 40.7 Å². The first kappa shape index (κ1) is 21.1. The van der Waals surface area contributed by atoms with E-state index in [4.69, 9.17) is 4.42 Å². The molecule has 0 N–H and O–H groups in total. The van der Waals surface area contributed by atoms with Gasteiger partial charge in [0.25, 0.3) is 5.78 Å². The summed E-state index contributed by atoms with van der Waals surface area (Å²) in [5, 5.41) is 0. The lowest BCUT2D eigenvalue weighted by atomic mass is 10.1. The Kier molecular flexibility index (Phi) is 10.9. The van der Waals surface area contributed by atoms with Crippen LogP contribution in [0.2, 0.25) is 0 Å². The van der Waals surface area contributed by atoms with Crippen LogP contribution in [0.25, 0.3) is 0 Å². The van der Waals surface area contributed by atoms with E-state index in [2.05, 4.69) is 13.1 Å². The average molecular weight is 414 g/mol. The Labute approximate surface area is 159 Å². The number of hydrogen-bond donors (Lipinski definition) is 0. The molecule has 0 aromatic carbocycles. The van der Waals surface area contributed by atoms with Crippen molar-refractivity contribution in [3.63, 3.8) is 0 Å². The lowest BCUT2D eigenvalue weighted by Crippen LogP contribution is -3.00. The van der Waals surface area contributed by atoms with Crippen LogP contribution >= 0.6 is 11.3 Å². The predicted molar refractivity (Wildman–Crippen MR) is 93.9 cm³/mol. The third-order valence-electron chi connectivity index (χ3n) is 4.05.